The number of hydrogen-bond donors (Lipinski definition) is 1. The second-order valence-corrected chi connectivity index (χ2v) is 6.35. The summed E-state index contributed by atoms with van der Waals surface area (Å²) in [4.78, 5) is 0.695. The molecule has 4 rings (SSSR count). The predicted octanol–water partition coefficient (Wildman–Crippen LogP) is 4.26. The second-order valence-electron chi connectivity index (χ2n) is 4.96. The number of benzene rings is 2. The summed E-state index contributed by atoms with van der Waals surface area (Å²) in [5.74, 6) is 1.36. The molecular formula is C16H12ClN5OS. The van der Waals surface area contributed by atoms with E-state index < -0.39 is 0 Å². The van der Waals surface area contributed by atoms with Crippen molar-refractivity contribution in [1.29, 1.82) is 0 Å². The molecule has 24 heavy (non-hydrogen) atoms. The molecule has 0 unspecified atom stereocenters. The van der Waals surface area contributed by atoms with Crippen molar-refractivity contribution in [3.63, 3.8) is 0 Å². The fourth-order valence-corrected chi connectivity index (χ4v) is 3.30. The highest BCUT2D eigenvalue weighted by atomic mass is 35.5. The van der Waals surface area contributed by atoms with E-state index in [4.69, 9.17) is 16.3 Å². The molecule has 0 aliphatic carbocycles. The second kappa shape index (κ2) is 6.10. The van der Waals surface area contributed by atoms with Gasteiger partial charge < -0.3 is 10.1 Å². The molecule has 0 aliphatic heterocycles. The number of nitrogens with zero attached hydrogens (tertiary/aromatic N) is 4. The third-order valence-corrected chi connectivity index (χ3v) is 4.46. The molecule has 2 aromatic carbocycles. The van der Waals surface area contributed by atoms with Crippen LogP contribution in [0.5, 0.6) is 5.75 Å². The van der Waals surface area contributed by atoms with Crippen LogP contribution in [0, 0.1) is 0 Å². The Balaban J connectivity index is 1.74. The summed E-state index contributed by atoms with van der Waals surface area (Å²) in [5.41, 5.74) is 1.71. The maximum absolute atomic E-state index is 6.01. The summed E-state index contributed by atoms with van der Waals surface area (Å²) in [6.45, 7) is 0. The van der Waals surface area contributed by atoms with E-state index in [0.717, 1.165) is 17.0 Å². The van der Waals surface area contributed by atoms with Gasteiger partial charge >= 0.3 is 0 Å². The largest absolute Gasteiger partial charge is 0.496 e. The van der Waals surface area contributed by atoms with Crippen molar-refractivity contribution in [3.05, 3.63) is 53.6 Å². The molecule has 4 aromatic rings. The molecule has 0 amide bonds. The first kappa shape index (κ1) is 14.9. The molecule has 0 bridgehead atoms. The number of para-hydroxylation sites is 1. The lowest BCUT2D eigenvalue weighted by Crippen LogP contribution is -1.95. The smallest absolute Gasteiger partial charge is 0.236 e. The summed E-state index contributed by atoms with van der Waals surface area (Å²) in [5, 5.41) is 17.6. The van der Waals surface area contributed by atoms with E-state index >= 15 is 0 Å². The van der Waals surface area contributed by atoms with Crippen LogP contribution in [-0.4, -0.2) is 26.9 Å². The molecule has 2 aromatic heterocycles. The van der Waals surface area contributed by atoms with Gasteiger partial charge in [-0.05, 0) is 30.3 Å². The number of rotatable bonds is 4. The minimum Gasteiger partial charge on any atom is -0.496 e. The van der Waals surface area contributed by atoms with Crippen LogP contribution >= 0.6 is 22.9 Å². The zero-order valence-corrected chi connectivity index (χ0v) is 14.2. The average molecular weight is 358 g/mol. The molecule has 0 fully saturated rings. The third-order valence-electron chi connectivity index (χ3n) is 3.41. The Morgan fingerprint density at radius 3 is 2.83 bits per heavy atom. The first-order chi connectivity index (χ1) is 11.7. The first-order valence-corrected chi connectivity index (χ1v) is 8.32. The molecule has 0 radical (unpaired) electrons. The van der Waals surface area contributed by atoms with Gasteiger partial charge in [0, 0.05) is 10.7 Å². The van der Waals surface area contributed by atoms with Gasteiger partial charge in [-0.2, -0.15) is 4.52 Å². The molecule has 0 saturated heterocycles. The zero-order chi connectivity index (χ0) is 16.5. The Morgan fingerprint density at radius 1 is 1.12 bits per heavy atom. The molecule has 0 aliphatic rings. The van der Waals surface area contributed by atoms with Gasteiger partial charge in [-0.25, -0.2) is 0 Å². The van der Waals surface area contributed by atoms with Crippen LogP contribution in [0.1, 0.15) is 0 Å². The van der Waals surface area contributed by atoms with Crippen LogP contribution in [0.15, 0.2) is 48.5 Å². The molecular weight excluding hydrogens is 346 g/mol. The molecule has 1 N–H and O–H groups in total. The zero-order valence-electron chi connectivity index (χ0n) is 12.6. The molecule has 0 spiro atoms. The summed E-state index contributed by atoms with van der Waals surface area (Å²) < 4.78 is 7.10. The summed E-state index contributed by atoms with van der Waals surface area (Å²) >= 11 is 7.42. The van der Waals surface area contributed by atoms with Crippen LogP contribution in [0.25, 0.3) is 16.3 Å². The number of halogens is 1. The number of methoxy groups -OCH3 is 1. The van der Waals surface area contributed by atoms with Gasteiger partial charge in [0.15, 0.2) is 5.82 Å². The minimum absolute atomic E-state index is 0.637. The van der Waals surface area contributed by atoms with Crippen LogP contribution in [0.3, 0.4) is 0 Å². The normalized spacial score (nSPS) is 10.9. The number of fused-ring (bicyclic) bond motifs is 1. The first-order valence-electron chi connectivity index (χ1n) is 7.13. The Bertz CT molecular complexity index is 1010. The fourth-order valence-electron chi connectivity index (χ4n) is 2.35. The van der Waals surface area contributed by atoms with E-state index in [-0.39, 0.29) is 0 Å². The molecule has 8 heteroatoms. The predicted molar refractivity (Wildman–Crippen MR) is 95.4 cm³/mol. The lowest BCUT2D eigenvalue weighted by atomic mass is 10.2. The van der Waals surface area contributed by atoms with Crippen LogP contribution < -0.4 is 10.1 Å². The molecule has 2 heterocycles. The molecule has 0 atom stereocenters. The van der Waals surface area contributed by atoms with Crippen molar-refractivity contribution in [1.82, 2.24) is 19.8 Å². The number of ether oxygens (including phenoxy) is 1. The monoisotopic (exact) mass is 357 g/mol. The van der Waals surface area contributed by atoms with E-state index in [1.165, 1.54) is 11.3 Å². The highest BCUT2D eigenvalue weighted by molar-refractivity contribution is 7.20. The topological polar surface area (TPSA) is 64.3 Å². The van der Waals surface area contributed by atoms with E-state index in [1.54, 1.807) is 11.6 Å². The van der Waals surface area contributed by atoms with E-state index in [1.807, 2.05) is 48.5 Å². The molecule has 6 nitrogen and oxygen atoms in total. The summed E-state index contributed by atoms with van der Waals surface area (Å²) in [6, 6.07) is 15.1. The lowest BCUT2D eigenvalue weighted by molar-refractivity contribution is 0.416. The van der Waals surface area contributed by atoms with E-state index in [0.29, 0.717) is 20.9 Å². The van der Waals surface area contributed by atoms with Crippen LogP contribution in [0.4, 0.5) is 10.8 Å². The van der Waals surface area contributed by atoms with E-state index in [2.05, 4.69) is 20.6 Å². The summed E-state index contributed by atoms with van der Waals surface area (Å²) in [6.07, 6.45) is 0. The van der Waals surface area contributed by atoms with Crippen molar-refractivity contribution in [2.45, 2.75) is 0 Å². The Morgan fingerprint density at radius 2 is 2.00 bits per heavy atom. The summed E-state index contributed by atoms with van der Waals surface area (Å²) in [7, 11) is 1.63. The van der Waals surface area contributed by atoms with Crippen molar-refractivity contribution in [2.24, 2.45) is 0 Å². The van der Waals surface area contributed by atoms with Gasteiger partial charge in [0.2, 0.25) is 10.1 Å². The van der Waals surface area contributed by atoms with Crippen molar-refractivity contribution < 1.29 is 4.74 Å². The van der Waals surface area contributed by atoms with Crippen molar-refractivity contribution in [3.8, 4) is 17.1 Å². The lowest BCUT2D eigenvalue weighted by Gasteiger charge is -2.05. The van der Waals surface area contributed by atoms with Gasteiger partial charge in [-0.3, -0.25) is 0 Å². The molecule has 120 valence electrons. The van der Waals surface area contributed by atoms with Crippen molar-refractivity contribution >= 4 is 38.7 Å². The van der Waals surface area contributed by atoms with Gasteiger partial charge in [-0.1, -0.05) is 41.1 Å². The molecule has 0 saturated carbocycles. The number of nitrogens with one attached hydrogen (secondary N) is 1. The Kier molecular flexibility index (Phi) is 3.79. The van der Waals surface area contributed by atoms with Crippen molar-refractivity contribution in [2.75, 3.05) is 12.4 Å². The van der Waals surface area contributed by atoms with Crippen LogP contribution in [0.2, 0.25) is 5.02 Å². The Hall–Kier alpha value is -2.64. The number of anilines is 2. The fraction of sp³-hybridized carbons (Fsp3) is 0.0625. The third kappa shape index (κ3) is 2.68. The van der Waals surface area contributed by atoms with Crippen LogP contribution in [-0.2, 0) is 0 Å². The van der Waals surface area contributed by atoms with E-state index in [9.17, 15) is 0 Å². The maximum Gasteiger partial charge on any atom is 0.236 e. The highest BCUT2D eigenvalue weighted by Gasteiger charge is 2.16. The average Bonchev–Trinajstić information content (AvgIpc) is 3.15. The standard InChI is InChI=1S/C16H12ClN5OS/c1-23-13-8-3-2-7-12(13)14-19-20-16-22(14)21-15(24-16)18-11-6-4-5-10(17)9-11/h2-9H,1H3,(H,18,21). The van der Waals surface area contributed by atoms with Gasteiger partial charge in [0.1, 0.15) is 5.75 Å². The quantitative estimate of drug-likeness (QED) is 0.591. The van der Waals surface area contributed by atoms with Gasteiger partial charge in [0.05, 0.1) is 12.7 Å². The van der Waals surface area contributed by atoms with Gasteiger partial charge in [0.25, 0.3) is 0 Å². The maximum atomic E-state index is 6.01. The number of aromatic nitrogens is 4. The highest BCUT2D eigenvalue weighted by Crippen LogP contribution is 2.31. The number of hydrogen-bond acceptors (Lipinski definition) is 6. The minimum atomic E-state index is 0.637. The SMILES string of the molecule is COc1ccccc1-c1nnc2sc(Nc3cccc(Cl)c3)nn12. The van der Waals surface area contributed by atoms with Gasteiger partial charge in [-0.15, -0.1) is 15.3 Å². The Labute approximate surface area is 146 Å².